The van der Waals surface area contributed by atoms with Gasteiger partial charge in [0.1, 0.15) is 6.04 Å². The second kappa shape index (κ2) is 5.05. The first-order valence-corrected chi connectivity index (χ1v) is 5.87. The molecule has 1 atom stereocenters. The fraction of sp³-hybridized carbons (Fsp3) is 0.0833. The normalized spacial score (nSPS) is 13.6. The number of rotatable bonds is 3. The number of hydrogen-bond acceptors (Lipinski definition) is 2. The maximum atomic E-state index is 8.86. The molecule has 0 saturated heterocycles. The van der Waals surface area contributed by atoms with Gasteiger partial charge in [-0.05, 0) is 29.8 Å². The van der Waals surface area contributed by atoms with E-state index >= 15 is 0 Å². The highest BCUT2D eigenvalue weighted by molar-refractivity contribution is 9.10. The monoisotopic (exact) mass is 293 g/mol. The van der Waals surface area contributed by atoms with Crippen LogP contribution in [0.15, 0.2) is 58.4 Å². The molecule has 3 N–H and O–H groups in total. The van der Waals surface area contributed by atoms with E-state index in [1.54, 1.807) is 0 Å². The van der Waals surface area contributed by atoms with E-state index < -0.39 is 0 Å². The highest BCUT2D eigenvalue weighted by Crippen LogP contribution is 2.21. The van der Waals surface area contributed by atoms with E-state index in [-0.39, 0.29) is 11.9 Å². The molecule has 2 aromatic rings. The average molecular weight is 294 g/mol. The first-order valence-electron chi connectivity index (χ1n) is 5.07. The second-order valence-corrected chi connectivity index (χ2v) is 4.52. The average Bonchev–Trinajstić information content (AvgIpc) is 2.85. The summed E-state index contributed by atoms with van der Waals surface area (Å²) in [5, 5.41) is 12.0. The molecule has 0 bridgehead atoms. The summed E-state index contributed by atoms with van der Waals surface area (Å²) < 4.78 is 2.88. The van der Waals surface area contributed by atoms with Crippen molar-refractivity contribution >= 4 is 21.8 Å². The Balaban J connectivity index is 2.44. The van der Waals surface area contributed by atoms with E-state index in [1.165, 1.54) is 0 Å². The van der Waals surface area contributed by atoms with Crippen LogP contribution in [-0.4, -0.2) is 15.6 Å². The van der Waals surface area contributed by atoms with Crippen molar-refractivity contribution in [3.8, 4) is 0 Å². The van der Waals surface area contributed by atoms with Crippen LogP contribution in [0.3, 0.4) is 0 Å². The molecule has 0 unspecified atom stereocenters. The van der Waals surface area contributed by atoms with Gasteiger partial charge in [-0.2, -0.15) is 0 Å². The van der Waals surface area contributed by atoms with Gasteiger partial charge >= 0.3 is 0 Å². The van der Waals surface area contributed by atoms with Crippen molar-refractivity contribution < 1.29 is 5.21 Å². The summed E-state index contributed by atoms with van der Waals surface area (Å²) in [7, 11) is 0. The van der Waals surface area contributed by atoms with E-state index in [2.05, 4.69) is 21.1 Å². The van der Waals surface area contributed by atoms with Crippen LogP contribution < -0.4 is 5.73 Å². The highest BCUT2D eigenvalue weighted by Gasteiger charge is 2.17. The van der Waals surface area contributed by atoms with Crippen LogP contribution in [0.25, 0.3) is 0 Å². The molecule has 4 nitrogen and oxygen atoms in total. The first kappa shape index (κ1) is 11.7. The molecular weight excluding hydrogens is 282 g/mol. The molecule has 0 amide bonds. The Morgan fingerprint density at radius 3 is 2.35 bits per heavy atom. The lowest BCUT2D eigenvalue weighted by Gasteiger charge is -2.18. The van der Waals surface area contributed by atoms with Crippen molar-refractivity contribution in [2.45, 2.75) is 6.04 Å². The number of halogens is 1. The molecular formula is C12H12BrN3O. The second-order valence-electron chi connectivity index (χ2n) is 3.61. The van der Waals surface area contributed by atoms with Gasteiger partial charge in [0.05, 0.1) is 0 Å². The summed E-state index contributed by atoms with van der Waals surface area (Å²) in [5.74, 6) is 0.156. The minimum atomic E-state index is -0.289. The Bertz CT molecular complexity index is 505. The van der Waals surface area contributed by atoms with Crippen molar-refractivity contribution in [2.24, 2.45) is 10.9 Å². The van der Waals surface area contributed by atoms with Gasteiger partial charge in [0, 0.05) is 16.9 Å². The number of amidine groups is 1. The number of nitrogens with two attached hydrogens (primary N) is 1. The zero-order chi connectivity index (χ0) is 12.3. The van der Waals surface area contributed by atoms with Gasteiger partial charge in [0.25, 0.3) is 0 Å². The summed E-state index contributed by atoms with van der Waals surface area (Å²) in [4.78, 5) is 0. The predicted octanol–water partition coefficient (Wildman–Crippen LogP) is 2.59. The smallest absolute Gasteiger partial charge is 0.166 e. The van der Waals surface area contributed by atoms with Gasteiger partial charge < -0.3 is 15.5 Å². The van der Waals surface area contributed by atoms with Crippen molar-refractivity contribution in [3.05, 3.63) is 58.8 Å². The van der Waals surface area contributed by atoms with E-state index in [9.17, 15) is 0 Å². The van der Waals surface area contributed by atoms with Crippen LogP contribution in [-0.2, 0) is 0 Å². The molecule has 0 radical (unpaired) electrons. The van der Waals surface area contributed by atoms with Crippen molar-refractivity contribution in [2.75, 3.05) is 0 Å². The molecule has 5 heteroatoms. The fourth-order valence-corrected chi connectivity index (χ4v) is 1.98. The maximum absolute atomic E-state index is 8.86. The van der Waals surface area contributed by atoms with Gasteiger partial charge in [-0.25, -0.2) is 0 Å². The summed E-state index contributed by atoms with van der Waals surface area (Å²) in [5.41, 5.74) is 6.70. The number of oxime groups is 1. The number of aromatic nitrogens is 1. The Morgan fingerprint density at radius 1 is 1.24 bits per heavy atom. The minimum absolute atomic E-state index is 0.156. The standard InChI is InChI=1S/C12H12BrN3O/c13-10-5-3-9(4-6-10)11(12(14)15-17)16-7-1-2-8-16/h1-8,11,17H,(H2,14,15)/t11-/m0/s1. The zero-order valence-corrected chi connectivity index (χ0v) is 10.6. The minimum Gasteiger partial charge on any atom is -0.409 e. The molecule has 0 fully saturated rings. The van der Waals surface area contributed by atoms with Gasteiger partial charge in [-0.15, -0.1) is 0 Å². The van der Waals surface area contributed by atoms with Crippen LogP contribution in [0, 0.1) is 0 Å². The molecule has 1 aromatic carbocycles. The molecule has 0 aliphatic heterocycles. The van der Waals surface area contributed by atoms with Gasteiger partial charge in [0.2, 0.25) is 0 Å². The van der Waals surface area contributed by atoms with Crippen LogP contribution in [0.1, 0.15) is 11.6 Å². The number of hydrogen-bond donors (Lipinski definition) is 2. The Hall–Kier alpha value is -1.75. The Labute approximate surface area is 107 Å². The third kappa shape index (κ3) is 2.50. The molecule has 1 aromatic heterocycles. The lowest BCUT2D eigenvalue weighted by molar-refractivity contribution is 0.315. The van der Waals surface area contributed by atoms with E-state index in [0.717, 1.165) is 10.0 Å². The van der Waals surface area contributed by atoms with Gasteiger partial charge in [0.15, 0.2) is 5.84 Å². The topological polar surface area (TPSA) is 63.5 Å². The molecule has 0 aliphatic carbocycles. The molecule has 0 saturated carbocycles. The largest absolute Gasteiger partial charge is 0.409 e. The first-order chi connectivity index (χ1) is 8.22. The van der Waals surface area contributed by atoms with E-state index in [1.807, 2.05) is 53.4 Å². The van der Waals surface area contributed by atoms with Crippen LogP contribution in [0.5, 0.6) is 0 Å². The Morgan fingerprint density at radius 2 is 1.82 bits per heavy atom. The molecule has 0 spiro atoms. The summed E-state index contributed by atoms with van der Waals surface area (Å²) in [6.45, 7) is 0. The highest BCUT2D eigenvalue weighted by atomic mass is 79.9. The molecule has 88 valence electrons. The van der Waals surface area contributed by atoms with E-state index in [0.29, 0.717) is 0 Å². The molecule has 17 heavy (non-hydrogen) atoms. The zero-order valence-electron chi connectivity index (χ0n) is 8.99. The van der Waals surface area contributed by atoms with Crippen molar-refractivity contribution in [1.29, 1.82) is 0 Å². The summed E-state index contributed by atoms with van der Waals surface area (Å²) in [6, 6.07) is 11.2. The third-order valence-electron chi connectivity index (χ3n) is 2.51. The fourth-order valence-electron chi connectivity index (χ4n) is 1.72. The summed E-state index contributed by atoms with van der Waals surface area (Å²) in [6.07, 6.45) is 3.76. The predicted molar refractivity (Wildman–Crippen MR) is 70.1 cm³/mol. The number of nitrogens with zero attached hydrogens (tertiary/aromatic N) is 2. The molecule has 2 rings (SSSR count). The van der Waals surface area contributed by atoms with Crippen molar-refractivity contribution in [3.63, 3.8) is 0 Å². The van der Waals surface area contributed by atoms with Crippen LogP contribution >= 0.6 is 15.9 Å². The third-order valence-corrected chi connectivity index (χ3v) is 3.04. The number of benzene rings is 1. The van der Waals surface area contributed by atoms with Crippen molar-refractivity contribution in [1.82, 2.24) is 4.57 Å². The van der Waals surface area contributed by atoms with Gasteiger partial charge in [-0.1, -0.05) is 33.2 Å². The lowest BCUT2D eigenvalue weighted by atomic mass is 10.1. The van der Waals surface area contributed by atoms with Crippen LogP contribution in [0.4, 0.5) is 0 Å². The summed E-state index contributed by atoms with van der Waals surface area (Å²) >= 11 is 3.38. The lowest BCUT2D eigenvalue weighted by Crippen LogP contribution is -2.27. The Kier molecular flexibility index (Phi) is 3.49. The maximum Gasteiger partial charge on any atom is 0.166 e. The van der Waals surface area contributed by atoms with Gasteiger partial charge in [-0.3, -0.25) is 0 Å². The molecule has 0 aliphatic rings. The van der Waals surface area contributed by atoms with Crippen LogP contribution in [0.2, 0.25) is 0 Å². The SMILES string of the molecule is NC(=NO)[C@H](c1ccc(Br)cc1)n1cccc1. The quantitative estimate of drug-likeness (QED) is 0.395. The molecule has 1 heterocycles. The van der Waals surface area contributed by atoms with E-state index in [4.69, 9.17) is 10.9 Å².